The first kappa shape index (κ1) is 29.4. The Balaban J connectivity index is 0.00000512. The number of hydrogen-bond donors (Lipinski definition) is 0. The molecule has 0 N–H and O–H groups in total. The van der Waals surface area contributed by atoms with E-state index in [4.69, 9.17) is 0 Å². The Hall–Kier alpha value is -0.661. The van der Waals surface area contributed by atoms with Crippen LogP contribution in [0.1, 0.15) is 98.4 Å². The van der Waals surface area contributed by atoms with Crippen molar-refractivity contribution in [3.05, 3.63) is 66.3 Å². The molecule has 0 saturated heterocycles. The molecule has 0 atom stereocenters. The zero-order chi connectivity index (χ0) is 23.8. The molecule has 1 aromatic heterocycles. The van der Waals surface area contributed by atoms with Gasteiger partial charge in [0.25, 0.3) is 0 Å². The van der Waals surface area contributed by atoms with Crippen LogP contribution >= 0.6 is 11.3 Å². The monoisotopic (exact) mass is 538 g/mol. The maximum Gasteiger partial charge on any atom is -1.00 e. The topological polar surface area (TPSA) is 0 Å². The van der Waals surface area contributed by atoms with Gasteiger partial charge in [-0.05, 0) is 0 Å². The summed E-state index contributed by atoms with van der Waals surface area (Å²) < 4.78 is 3.16. The Labute approximate surface area is 215 Å². The summed E-state index contributed by atoms with van der Waals surface area (Å²) in [5.74, 6) is 0. The van der Waals surface area contributed by atoms with E-state index in [0.29, 0.717) is 15.0 Å². The predicted molar refractivity (Wildman–Crippen MR) is 144 cm³/mol. The number of hydrogen-bond acceptors (Lipinski definition) is 0. The van der Waals surface area contributed by atoms with Crippen molar-refractivity contribution >= 4 is 32.4 Å². The van der Waals surface area contributed by atoms with Gasteiger partial charge in [-0.25, -0.2) is 0 Å². The average Bonchev–Trinajstić information content (AvgIpc) is 2.58. The van der Waals surface area contributed by atoms with Crippen molar-refractivity contribution < 1.29 is 12.4 Å². The van der Waals surface area contributed by atoms with Crippen molar-refractivity contribution in [1.82, 2.24) is 0 Å². The molecule has 0 bridgehead atoms. The van der Waals surface area contributed by atoms with E-state index in [-0.39, 0.29) is 34.1 Å². The third-order valence-electron chi connectivity index (χ3n) is 5.17. The molecule has 0 aliphatic carbocycles. The fraction of sp³-hybridized carbons (Fsp3) is 0.552. The summed E-state index contributed by atoms with van der Waals surface area (Å²) in [4.78, 5) is 2.88. The molecular formula is C29H43ClSSe. The molecule has 0 radical (unpaired) electrons. The van der Waals surface area contributed by atoms with Crippen LogP contribution in [0.2, 0.25) is 0 Å². The summed E-state index contributed by atoms with van der Waals surface area (Å²) in [6.45, 7) is 27.9. The van der Waals surface area contributed by atoms with Gasteiger partial charge in [-0.1, -0.05) is 0 Å². The molecule has 0 aromatic carbocycles. The van der Waals surface area contributed by atoms with Gasteiger partial charge in [0.1, 0.15) is 0 Å². The van der Waals surface area contributed by atoms with Crippen LogP contribution in [0, 0.1) is 10.8 Å². The van der Waals surface area contributed by atoms with Crippen molar-refractivity contribution in [2.75, 3.05) is 0 Å². The first-order chi connectivity index (χ1) is 13.9. The second-order valence-corrected chi connectivity index (χ2v) is 16.1. The molecule has 0 amide bonds. The Kier molecular flexibility index (Phi) is 9.46. The van der Waals surface area contributed by atoms with E-state index in [1.807, 2.05) is 11.3 Å². The van der Waals surface area contributed by atoms with E-state index in [1.54, 1.807) is 8.94 Å². The quantitative estimate of drug-likeness (QED) is 0.314. The van der Waals surface area contributed by atoms with Crippen LogP contribution in [0.3, 0.4) is 0 Å². The van der Waals surface area contributed by atoms with E-state index in [1.165, 1.54) is 20.9 Å². The number of allylic oxidation sites excluding steroid dienone is 7. The molecule has 178 valence electrons. The molecule has 2 heterocycles. The fourth-order valence-corrected chi connectivity index (χ4v) is 6.82. The second kappa shape index (κ2) is 10.3. The second-order valence-electron chi connectivity index (χ2n) is 12.8. The standard InChI is InChI=1S/C29H43SSe.ClH/c1-26(2,3)22-16-20(17-23(30-22)27(4,5)6)14-13-15-21-18-24(28(7,8)9)31-25(19-21)29(10,11)12;/h13-19H,1-12H3;1H/q+1;/p-1. The minimum atomic E-state index is 0. The first-order valence-electron chi connectivity index (χ1n) is 11.4. The van der Waals surface area contributed by atoms with Gasteiger partial charge < -0.3 is 12.4 Å². The van der Waals surface area contributed by atoms with E-state index in [0.717, 1.165) is 0 Å². The predicted octanol–water partition coefficient (Wildman–Crippen LogP) is 6.15. The van der Waals surface area contributed by atoms with Crippen molar-refractivity contribution in [2.45, 2.75) is 93.9 Å². The van der Waals surface area contributed by atoms with E-state index < -0.39 is 0 Å². The van der Waals surface area contributed by atoms with Crippen molar-refractivity contribution in [2.24, 2.45) is 10.8 Å². The summed E-state index contributed by atoms with van der Waals surface area (Å²) in [5, 5.41) is 0. The largest absolute Gasteiger partial charge is 1.00 e. The van der Waals surface area contributed by atoms with E-state index in [2.05, 4.69) is 126 Å². The molecule has 0 fully saturated rings. The zero-order valence-electron chi connectivity index (χ0n) is 22.2. The molecule has 3 heteroatoms. The molecule has 0 nitrogen and oxygen atoms in total. The van der Waals surface area contributed by atoms with Gasteiger partial charge in [-0.3, -0.25) is 0 Å². The zero-order valence-corrected chi connectivity index (χ0v) is 25.5. The number of rotatable bonds is 2. The minimum absolute atomic E-state index is 0. The smallest absolute Gasteiger partial charge is 1.00 e. The molecule has 1 aromatic rings. The van der Waals surface area contributed by atoms with Crippen LogP contribution in [0.4, 0.5) is 0 Å². The third-order valence-corrected chi connectivity index (χ3v) is 11.1. The molecule has 2 rings (SSSR count). The van der Waals surface area contributed by atoms with Gasteiger partial charge in [0.05, 0.1) is 0 Å². The molecule has 0 saturated carbocycles. The maximum absolute atomic E-state index is 2.42. The van der Waals surface area contributed by atoms with Crippen molar-refractivity contribution in [1.29, 1.82) is 0 Å². The van der Waals surface area contributed by atoms with Crippen LogP contribution in [-0.2, 0) is 10.8 Å². The SMILES string of the molecule is CC(C)(C)C1=CC(=CC=Cc2cc(C(C)(C)C)[s+]c(C(C)(C)C)c2)C=C(C(C)(C)C)[Se]1.[Cl-]. The van der Waals surface area contributed by atoms with Gasteiger partial charge in [0, 0.05) is 0 Å². The summed E-state index contributed by atoms with van der Waals surface area (Å²) in [5.41, 5.74) is 3.38. The molecule has 1 aliphatic rings. The Morgan fingerprint density at radius 2 is 1.06 bits per heavy atom. The van der Waals surface area contributed by atoms with Crippen molar-refractivity contribution in [3.63, 3.8) is 0 Å². The first-order valence-corrected chi connectivity index (χ1v) is 13.9. The Morgan fingerprint density at radius 3 is 1.41 bits per heavy atom. The van der Waals surface area contributed by atoms with Crippen LogP contribution in [0.15, 0.2) is 51.0 Å². The molecule has 1 aliphatic heterocycles. The van der Waals surface area contributed by atoms with Gasteiger partial charge in [0.2, 0.25) is 0 Å². The van der Waals surface area contributed by atoms with Gasteiger partial charge in [-0.15, -0.1) is 0 Å². The molecule has 0 spiro atoms. The van der Waals surface area contributed by atoms with Gasteiger partial charge >= 0.3 is 203 Å². The third kappa shape index (κ3) is 8.28. The van der Waals surface area contributed by atoms with Crippen LogP contribution in [0.25, 0.3) is 6.08 Å². The average molecular weight is 538 g/mol. The van der Waals surface area contributed by atoms with Crippen LogP contribution in [0.5, 0.6) is 0 Å². The number of halogens is 1. The Bertz CT molecular complexity index is 869. The summed E-state index contributed by atoms with van der Waals surface area (Å²) in [7, 11) is 0. The summed E-state index contributed by atoms with van der Waals surface area (Å²) >= 11 is 2.38. The normalized spacial score (nSPS) is 15.9. The summed E-state index contributed by atoms with van der Waals surface area (Å²) in [6, 6.07) is 4.73. The van der Waals surface area contributed by atoms with Gasteiger partial charge in [-0.2, -0.15) is 0 Å². The van der Waals surface area contributed by atoms with Crippen LogP contribution in [-0.4, -0.2) is 15.0 Å². The van der Waals surface area contributed by atoms with E-state index in [9.17, 15) is 0 Å². The van der Waals surface area contributed by atoms with Gasteiger partial charge in [0.15, 0.2) is 0 Å². The maximum atomic E-state index is 2.42. The minimum Gasteiger partial charge on any atom is -1.00 e. The molecule has 0 unspecified atom stereocenters. The fourth-order valence-electron chi connectivity index (χ4n) is 2.98. The molecular weight excluding hydrogens is 495 g/mol. The van der Waals surface area contributed by atoms with Crippen molar-refractivity contribution in [3.8, 4) is 0 Å². The molecule has 32 heavy (non-hydrogen) atoms. The Morgan fingerprint density at radius 1 is 0.656 bits per heavy atom. The summed E-state index contributed by atoms with van der Waals surface area (Å²) in [6.07, 6.45) is 11.7. The van der Waals surface area contributed by atoms with Crippen LogP contribution < -0.4 is 12.4 Å². The van der Waals surface area contributed by atoms with E-state index >= 15 is 0 Å².